The summed E-state index contributed by atoms with van der Waals surface area (Å²) in [7, 11) is 0. The van der Waals surface area contributed by atoms with Gasteiger partial charge in [-0.25, -0.2) is 4.90 Å². The van der Waals surface area contributed by atoms with Crippen LogP contribution >= 0.6 is 0 Å². The summed E-state index contributed by atoms with van der Waals surface area (Å²) in [6.45, 7) is 1.74. The van der Waals surface area contributed by atoms with Crippen LogP contribution in [-0.4, -0.2) is 16.7 Å². The Bertz CT molecular complexity index is 738. The number of allylic oxidation sites excluding steroid dienone is 2. The quantitative estimate of drug-likeness (QED) is 0.364. The van der Waals surface area contributed by atoms with Crippen molar-refractivity contribution in [2.24, 2.45) is 23.7 Å². The fraction of sp³-hybridized carbons (Fsp3) is 0.412. The van der Waals surface area contributed by atoms with Crippen molar-refractivity contribution in [3.63, 3.8) is 0 Å². The molecule has 3 aliphatic carbocycles. The smallest absolute Gasteiger partial charge is 0.274 e. The molecular weight excluding hydrogens is 296 g/mol. The van der Waals surface area contributed by atoms with Crippen molar-refractivity contribution in [2.75, 3.05) is 4.90 Å². The average Bonchev–Trinajstić information content (AvgIpc) is 2.82. The molecule has 1 aromatic rings. The number of carbonyl (C=O) groups excluding carboxylic acids is 2. The van der Waals surface area contributed by atoms with E-state index in [1.165, 1.54) is 12.1 Å². The van der Waals surface area contributed by atoms with E-state index in [1.54, 1.807) is 13.0 Å². The third kappa shape index (κ3) is 1.87. The summed E-state index contributed by atoms with van der Waals surface area (Å²) >= 11 is 0. The number of carbonyl (C=O) groups is 2. The Morgan fingerprint density at radius 1 is 1.09 bits per heavy atom. The van der Waals surface area contributed by atoms with Gasteiger partial charge in [0, 0.05) is 6.07 Å². The van der Waals surface area contributed by atoms with Gasteiger partial charge < -0.3 is 0 Å². The zero-order chi connectivity index (χ0) is 16.3. The minimum absolute atomic E-state index is 0.0796. The molecule has 1 saturated carbocycles. The molecule has 1 saturated heterocycles. The number of fused-ring (bicyclic) bond motifs is 1. The van der Waals surface area contributed by atoms with Crippen molar-refractivity contribution >= 4 is 23.2 Å². The predicted molar refractivity (Wildman–Crippen MR) is 82.7 cm³/mol. The molecule has 2 amide bonds. The maximum Gasteiger partial charge on any atom is 0.293 e. The van der Waals surface area contributed by atoms with E-state index in [2.05, 4.69) is 0 Å². The molecule has 1 aromatic carbocycles. The van der Waals surface area contributed by atoms with E-state index in [1.807, 2.05) is 12.2 Å². The van der Waals surface area contributed by atoms with Crippen LogP contribution in [0.4, 0.5) is 11.4 Å². The number of nitrogens with zero attached hydrogens (tertiary/aromatic N) is 2. The number of hydrogen-bond acceptors (Lipinski definition) is 4. The Morgan fingerprint density at radius 2 is 1.65 bits per heavy atom. The van der Waals surface area contributed by atoms with Gasteiger partial charge in [-0.1, -0.05) is 18.2 Å². The lowest BCUT2D eigenvalue weighted by Gasteiger charge is -2.38. The number of anilines is 1. The summed E-state index contributed by atoms with van der Waals surface area (Å²) in [6, 6.07) is 4.61. The van der Waals surface area contributed by atoms with Gasteiger partial charge in [0.1, 0.15) is 5.69 Å². The fourth-order valence-electron chi connectivity index (χ4n) is 4.28. The first-order valence-corrected chi connectivity index (χ1v) is 7.80. The summed E-state index contributed by atoms with van der Waals surface area (Å²) in [4.78, 5) is 37.6. The third-order valence-corrected chi connectivity index (χ3v) is 5.33. The Labute approximate surface area is 132 Å². The van der Waals surface area contributed by atoms with Crippen LogP contribution in [0.1, 0.15) is 18.4 Å². The number of benzene rings is 1. The second kappa shape index (κ2) is 4.75. The molecule has 6 nitrogen and oxygen atoms in total. The zero-order valence-corrected chi connectivity index (χ0v) is 12.6. The lowest BCUT2D eigenvalue weighted by Crippen LogP contribution is -2.38. The summed E-state index contributed by atoms with van der Waals surface area (Å²) in [5.74, 6) is -1.12. The molecule has 0 N–H and O–H groups in total. The van der Waals surface area contributed by atoms with E-state index >= 15 is 0 Å². The highest BCUT2D eigenvalue weighted by Crippen LogP contribution is 2.51. The van der Waals surface area contributed by atoms with Crippen molar-refractivity contribution in [1.82, 2.24) is 0 Å². The number of nitro benzene ring substituents is 1. The van der Waals surface area contributed by atoms with E-state index in [0.717, 1.165) is 23.3 Å². The van der Waals surface area contributed by atoms with Crippen LogP contribution < -0.4 is 4.90 Å². The van der Waals surface area contributed by atoms with Gasteiger partial charge in [0.25, 0.3) is 5.69 Å². The number of rotatable bonds is 2. The van der Waals surface area contributed by atoms with E-state index < -0.39 is 4.92 Å². The van der Waals surface area contributed by atoms with Crippen LogP contribution in [0.5, 0.6) is 0 Å². The van der Waals surface area contributed by atoms with Gasteiger partial charge in [-0.2, -0.15) is 0 Å². The first kappa shape index (κ1) is 14.1. The Hall–Kier alpha value is -2.50. The molecule has 0 aromatic heterocycles. The number of hydrogen-bond donors (Lipinski definition) is 0. The van der Waals surface area contributed by atoms with Crippen LogP contribution in [0.2, 0.25) is 0 Å². The number of imide groups is 1. The number of nitro groups is 1. The molecule has 0 radical (unpaired) electrons. The zero-order valence-electron chi connectivity index (χ0n) is 12.6. The Morgan fingerprint density at radius 3 is 2.13 bits per heavy atom. The van der Waals surface area contributed by atoms with Gasteiger partial charge in [0.05, 0.1) is 16.8 Å². The highest BCUT2D eigenvalue weighted by molar-refractivity contribution is 6.23. The summed E-state index contributed by atoms with van der Waals surface area (Å²) < 4.78 is 0. The molecule has 118 valence electrons. The first-order valence-electron chi connectivity index (χ1n) is 7.80. The van der Waals surface area contributed by atoms with Gasteiger partial charge >= 0.3 is 0 Å². The van der Waals surface area contributed by atoms with E-state index in [0.29, 0.717) is 0 Å². The van der Waals surface area contributed by atoms with Crippen LogP contribution in [0, 0.1) is 40.7 Å². The van der Waals surface area contributed by atoms with Crippen LogP contribution in [0.3, 0.4) is 0 Å². The average molecular weight is 312 g/mol. The molecule has 4 aliphatic rings. The second-order valence-corrected chi connectivity index (χ2v) is 6.60. The molecular formula is C17H16N2O4. The minimum atomic E-state index is -0.530. The molecule has 0 unspecified atom stereocenters. The Kier molecular flexibility index (Phi) is 2.91. The molecule has 1 aliphatic heterocycles. The van der Waals surface area contributed by atoms with Crippen molar-refractivity contribution < 1.29 is 14.5 Å². The van der Waals surface area contributed by atoms with Gasteiger partial charge in [-0.3, -0.25) is 19.7 Å². The Balaban J connectivity index is 1.81. The molecule has 23 heavy (non-hydrogen) atoms. The van der Waals surface area contributed by atoms with E-state index in [4.69, 9.17) is 0 Å². The molecule has 2 fully saturated rings. The first-order chi connectivity index (χ1) is 11.0. The SMILES string of the molecule is Cc1ccc(N2C(=O)[C@@H]3[C@H](C2=O)[C@@H]2C=C[C@@H]3CC2)c([N+](=O)[O-])c1. The van der Waals surface area contributed by atoms with Crippen LogP contribution in [0.25, 0.3) is 0 Å². The molecule has 4 atom stereocenters. The maximum absolute atomic E-state index is 12.8. The van der Waals surface area contributed by atoms with Crippen molar-refractivity contribution in [3.05, 3.63) is 46.0 Å². The van der Waals surface area contributed by atoms with Gasteiger partial charge in [-0.15, -0.1) is 0 Å². The minimum Gasteiger partial charge on any atom is -0.274 e. The van der Waals surface area contributed by atoms with E-state index in [9.17, 15) is 19.7 Å². The highest BCUT2D eigenvalue weighted by atomic mass is 16.6. The van der Waals surface area contributed by atoms with Crippen LogP contribution in [-0.2, 0) is 9.59 Å². The highest BCUT2D eigenvalue weighted by Gasteiger charge is 2.57. The fourth-order valence-corrected chi connectivity index (χ4v) is 4.28. The third-order valence-electron chi connectivity index (χ3n) is 5.33. The van der Waals surface area contributed by atoms with E-state index in [-0.39, 0.29) is 46.9 Å². The maximum atomic E-state index is 12.8. The van der Waals surface area contributed by atoms with Crippen molar-refractivity contribution in [2.45, 2.75) is 19.8 Å². The largest absolute Gasteiger partial charge is 0.293 e. The summed E-state index contributed by atoms with van der Waals surface area (Å²) in [5.41, 5.74) is 0.633. The summed E-state index contributed by atoms with van der Waals surface area (Å²) in [6.07, 6.45) is 5.89. The molecule has 2 bridgehead atoms. The molecule has 1 heterocycles. The number of aryl methyl sites for hydroxylation is 1. The van der Waals surface area contributed by atoms with Crippen molar-refractivity contribution in [1.29, 1.82) is 0 Å². The van der Waals surface area contributed by atoms with Crippen LogP contribution in [0.15, 0.2) is 30.4 Å². The monoisotopic (exact) mass is 312 g/mol. The second-order valence-electron chi connectivity index (χ2n) is 6.60. The lowest BCUT2D eigenvalue weighted by molar-refractivity contribution is -0.384. The van der Waals surface area contributed by atoms with Gasteiger partial charge in [0.15, 0.2) is 0 Å². The summed E-state index contributed by atoms with van der Waals surface area (Å²) in [5, 5.41) is 11.3. The topological polar surface area (TPSA) is 80.5 Å². The van der Waals surface area contributed by atoms with Gasteiger partial charge in [-0.05, 0) is 43.2 Å². The standard InChI is InChI=1S/C17H16N2O4/c1-9-2-7-12(13(8-9)19(22)23)18-16(20)14-10-3-4-11(6-5-10)15(14)17(18)21/h2-4,7-8,10-11,14-15H,5-6H2,1H3/t10-,11-,14-,15+/m1/s1. The molecule has 5 rings (SSSR count). The molecule has 6 heteroatoms. The normalized spacial score (nSPS) is 31.6. The van der Waals surface area contributed by atoms with Crippen molar-refractivity contribution in [3.8, 4) is 0 Å². The number of amides is 2. The molecule has 0 spiro atoms. The lowest BCUT2D eigenvalue weighted by atomic mass is 9.63. The predicted octanol–water partition coefficient (Wildman–Crippen LogP) is 2.60. The van der Waals surface area contributed by atoms with Gasteiger partial charge in [0.2, 0.25) is 11.8 Å².